The minimum Gasteiger partial charge on any atom is -0.389 e. The van der Waals surface area contributed by atoms with Crippen LogP contribution < -0.4 is 11.1 Å². The van der Waals surface area contributed by atoms with Crippen LogP contribution in [-0.4, -0.2) is 4.99 Å². The van der Waals surface area contributed by atoms with Crippen LogP contribution in [0.2, 0.25) is 10.0 Å². The van der Waals surface area contributed by atoms with Gasteiger partial charge in [-0.2, -0.15) is 0 Å². The molecule has 0 amide bonds. The fourth-order valence-corrected chi connectivity index (χ4v) is 2.64. The van der Waals surface area contributed by atoms with Crippen molar-refractivity contribution in [3.05, 3.63) is 56.2 Å². The molecule has 2 rings (SSSR count). The molecule has 3 N–H and O–H groups in total. The molecule has 0 saturated carbocycles. The van der Waals surface area contributed by atoms with E-state index in [2.05, 4.69) is 21.2 Å². The molecule has 0 saturated heterocycles. The summed E-state index contributed by atoms with van der Waals surface area (Å²) in [6.45, 7) is 0. The van der Waals surface area contributed by atoms with Gasteiger partial charge in [0.05, 0.1) is 10.0 Å². The van der Waals surface area contributed by atoms with Gasteiger partial charge >= 0.3 is 0 Å². The fourth-order valence-electron chi connectivity index (χ4n) is 1.62. The summed E-state index contributed by atoms with van der Waals surface area (Å²) in [4.78, 5) is 0.249. The minimum absolute atomic E-state index is 0.0631. The Morgan fingerprint density at radius 3 is 2.35 bits per heavy atom. The predicted octanol–water partition coefficient (Wildman–Crippen LogP) is 5.27. The number of hydrogen-bond acceptors (Lipinski definition) is 2. The van der Waals surface area contributed by atoms with E-state index in [4.69, 9.17) is 41.2 Å². The molecule has 0 aromatic heterocycles. The van der Waals surface area contributed by atoms with Crippen LogP contribution in [0.4, 0.5) is 15.8 Å². The molecule has 0 heterocycles. The summed E-state index contributed by atoms with van der Waals surface area (Å²) in [6, 6.07) is 8.28. The Labute approximate surface area is 139 Å². The van der Waals surface area contributed by atoms with E-state index in [0.29, 0.717) is 16.9 Å². The van der Waals surface area contributed by atoms with Gasteiger partial charge in [0.15, 0.2) is 5.82 Å². The third kappa shape index (κ3) is 3.41. The Morgan fingerprint density at radius 1 is 1.20 bits per heavy atom. The normalized spacial score (nSPS) is 10.4. The Hall–Kier alpha value is -0.880. The monoisotopic (exact) mass is 392 g/mol. The second-order valence-corrected chi connectivity index (χ2v) is 6.10. The van der Waals surface area contributed by atoms with Gasteiger partial charge in [-0.3, -0.25) is 0 Å². The van der Waals surface area contributed by atoms with Gasteiger partial charge in [-0.15, -0.1) is 0 Å². The Morgan fingerprint density at radius 2 is 1.80 bits per heavy atom. The zero-order chi connectivity index (χ0) is 14.9. The highest BCUT2D eigenvalue weighted by Crippen LogP contribution is 2.31. The molecule has 0 aliphatic heterocycles. The molecular weight excluding hydrogens is 386 g/mol. The largest absolute Gasteiger partial charge is 0.389 e. The van der Waals surface area contributed by atoms with Gasteiger partial charge in [-0.1, -0.05) is 51.3 Å². The predicted molar refractivity (Wildman–Crippen MR) is 89.7 cm³/mol. The van der Waals surface area contributed by atoms with Crippen LogP contribution >= 0.6 is 51.3 Å². The van der Waals surface area contributed by atoms with Crippen LogP contribution in [0.15, 0.2) is 34.8 Å². The second-order valence-electron chi connectivity index (χ2n) is 3.93. The Bertz CT molecular complexity index is 671. The molecular formula is C13H8BrCl2FN2S. The van der Waals surface area contributed by atoms with Gasteiger partial charge in [0.2, 0.25) is 0 Å². The van der Waals surface area contributed by atoms with Crippen molar-refractivity contribution < 1.29 is 4.39 Å². The molecule has 0 aliphatic rings. The Kier molecular flexibility index (Phi) is 4.86. The lowest BCUT2D eigenvalue weighted by molar-refractivity contribution is 0.629. The van der Waals surface area contributed by atoms with Crippen LogP contribution in [0.25, 0.3) is 0 Å². The zero-order valence-electron chi connectivity index (χ0n) is 9.88. The van der Waals surface area contributed by atoms with Gasteiger partial charge in [-0.25, -0.2) is 4.39 Å². The first kappa shape index (κ1) is 15.5. The average Bonchev–Trinajstić information content (AvgIpc) is 2.35. The molecule has 20 heavy (non-hydrogen) atoms. The Balaban J connectivity index is 2.44. The van der Waals surface area contributed by atoms with Crippen LogP contribution in [0.5, 0.6) is 0 Å². The molecule has 0 bridgehead atoms. The SMILES string of the molecule is NC(=S)c1ccc(Br)cc1Nc1cc(Cl)c(F)c(Cl)c1. The number of thiocarbonyl (C=S) groups is 1. The lowest BCUT2D eigenvalue weighted by Crippen LogP contribution is -2.11. The van der Waals surface area contributed by atoms with Gasteiger partial charge in [0.1, 0.15) is 4.99 Å². The number of hydrogen-bond donors (Lipinski definition) is 2. The highest BCUT2D eigenvalue weighted by Gasteiger charge is 2.10. The van der Waals surface area contributed by atoms with Gasteiger partial charge < -0.3 is 11.1 Å². The maximum atomic E-state index is 13.4. The number of halogens is 4. The van der Waals surface area contributed by atoms with E-state index in [1.165, 1.54) is 12.1 Å². The molecule has 0 atom stereocenters. The van der Waals surface area contributed by atoms with Crippen molar-refractivity contribution in [1.82, 2.24) is 0 Å². The lowest BCUT2D eigenvalue weighted by Gasteiger charge is -2.13. The first-order valence-corrected chi connectivity index (χ1v) is 7.35. The average molecular weight is 394 g/mol. The summed E-state index contributed by atoms with van der Waals surface area (Å²) in [5.41, 5.74) is 7.54. The van der Waals surface area contributed by atoms with Gasteiger partial charge in [0, 0.05) is 21.4 Å². The number of anilines is 2. The van der Waals surface area contributed by atoms with Crippen molar-refractivity contribution >= 4 is 67.7 Å². The van der Waals surface area contributed by atoms with E-state index in [0.717, 1.165) is 4.47 Å². The summed E-state index contributed by atoms with van der Waals surface area (Å²) in [6.07, 6.45) is 0. The number of rotatable bonds is 3. The first-order chi connectivity index (χ1) is 9.38. The molecule has 0 radical (unpaired) electrons. The third-order valence-corrected chi connectivity index (χ3v) is 3.77. The van der Waals surface area contributed by atoms with Crippen molar-refractivity contribution in [2.75, 3.05) is 5.32 Å². The minimum atomic E-state index is -0.650. The zero-order valence-corrected chi connectivity index (χ0v) is 13.8. The molecule has 2 aromatic carbocycles. The van der Waals surface area contributed by atoms with Crippen molar-refractivity contribution in [1.29, 1.82) is 0 Å². The topological polar surface area (TPSA) is 38.0 Å². The lowest BCUT2D eigenvalue weighted by atomic mass is 10.1. The molecule has 2 aromatic rings. The molecule has 2 nitrogen and oxygen atoms in total. The standard InChI is InChI=1S/C13H8BrCl2FN2S/c14-6-1-2-8(13(18)20)11(3-6)19-7-4-9(15)12(17)10(16)5-7/h1-5,19H,(H2,18,20). The van der Waals surface area contributed by atoms with Crippen LogP contribution in [0.1, 0.15) is 5.56 Å². The van der Waals surface area contributed by atoms with Crippen molar-refractivity contribution in [3.8, 4) is 0 Å². The van der Waals surface area contributed by atoms with Crippen LogP contribution in [0, 0.1) is 5.82 Å². The first-order valence-electron chi connectivity index (χ1n) is 5.39. The summed E-state index contributed by atoms with van der Waals surface area (Å²) in [5, 5.41) is 2.94. The summed E-state index contributed by atoms with van der Waals surface area (Å²) >= 11 is 19.9. The molecule has 0 aliphatic carbocycles. The molecule has 0 spiro atoms. The number of benzene rings is 2. The number of nitrogens with two attached hydrogens (primary N) is 1. The van der Waals surface area contributed by atoms with Crippen molar-refractivity contribution in [2.45, 2.75) is 0 Å². The summed E-state index contributed by atoms with van der Waals surface area (Å²) in [7, 11) is 0. The maximum absolute atomic E-state index is 13.4. The summed E-state index contributed by atoms with van der Waals surface area (Å²) < 4.78 is 14.2. The molecule has 0 unspecified atom stereocenters. The third-order valence-electron chi connectivity index (χ3n) is 2.51. The van der Waals surface area contributed by atoms with Crippen LogP contribution in [-0.2, 0) is 0 Å². The smallest absolute Gasteiger partial charge is 0.160 e. The van der Waals surface area contributed by atoms with Gasteiger partial charge in [-0.05, 0) is 30.3 Å². The highest BCUT2D eigenvalue weighted by atomic mass is 79.9. The van der Waals surface area contributed by atoms with E-state index in [1.54, 1.807) is 12.1 Å². The van der Waals surface area contributed by atoms with Crippen molar-refractivity contribution in [2.24, 2.45) is 5.73 Å². The second kappa shape index (κ2) is 6.26. The quantitative estimate of drug-likeness (QED) is 0.550. The van der Waals surface area contributed by atoms with Crippen LogP contribution in [0.3, 0.4) is 0 Å². The van der Waals surface area contributed by atoms with E-state index in [1.807, 2.05) is 6.07 Å². The molecule has 7 heteroatoms. The molecule has 104 valence electrons. The van der Waals surface area contributed by atoms with E-state index in [-0.39, 0.29) is 15.0 Å². The summed E-state index contributed by atoms with van der Waals surface area (Å²) in [5.74, 6) is -0.650. The van der Waals surface area contributed by atoms with E-state index < -0.39 is 5.82 Å². The van der Waals surface area contributed by atoms with Crippen molar-refractivity contribution in [3.63, 3.8) is 0 Å². The molecule has 0 fully saturated rings. The van der Waals surface area contributed by atoms with E-state index in [9.17, 15) is 4.39 Å². The number of nitrogens with one attached hydrogen (secondary N) is 1. The fraction of sp³-hybridized carbons (Fsp3) is 0. The van der Waals surface area contributed by atoms with E-state index >= 15 is 0 Å². The maximum Gasteiger partial charge on any atom is 0.160 e. The highest BCUT2D eigenvalue weighted by molar-refractivity contribution is 9.10. The van der Waals surface area contributed by atoms with Gasteiger partial charge in [0.25, 0.3) is 0 Å².